The first-order valence-corrected chi connectivity index (χ1v) is 9.17. The van der Waals surface area contributed by atoms with E-state index < -0.39 is 0 Å². The van der Waals surface area contributed by atoms with Crippen LogP contribution in [-0.4, -0.2) is 9.52 Å². The summed E-state index contributed by atoms with van der Waals surface area (Å²) in [5, 5.41) is -0.187. The van der Waals surface area contributed by atoms with E-state index in [2.05, 4.69) is 109 Å². The topological polar surface area (TPSA) is 0 Å². The van der Waals surface area contributed by atoms with Crippen LogP contribution in [0.1, 0.15) is 16.7 Å². The lowest BCUT2D eigenvalue weighted by Crippen LogP contribution is -2.31. The van der Waals surface area contributed by atoms with Gasteiger partial charge in [0, 0.05) is 5.04 Å². The zero-order chi connectivity index (χ0) is 16.7. The van der Waals surface area contributed by atoms with Gasteiger partial charge in [0.05, 0.1) is 9.52 Å². The molecule has 3 rings (SSSR count). The van der Waals surface area contributed by atoms with E-state index in [9.17, 15) is 0 Å². The number of rotatable bonds is 6. The summed E-state index contributed by atoms with van der Waals surface area (Å²) in [6.07, 6.45) is 4.29. The van der Waals surface area contributed by atoms with Gasteiger partial charge in [-0.2, -0.15) is 0 Å². The standard InChI is InChI=1S/C23H20Si/c1-2-23(21-14-8-4-9-15-21,22-16-10-5-11-17-22)24-19-18-20-12-6-3-7-13-20/h2-19H,1H2/b19-18+. The van der Waals surface area contributed by atoms with E-state index in [1.54, 1.807) is 0 Å². The molecule has 0 spiro atoms. The summed E-state index contributed by atoms with van der Waals surface area (Å²) in [6.45, 7) is 4.18. The van der Waals surface area contributed by atoms with E-state index in [0.717, 1.165) is 0 Å². The van der Waals surface area contributed by atoms with Crippen molar-refractivity contribution in [1.82, 2.24) is 0 Å². The van der Waals surface area contributed by atoms with Gasteiger partial charge in [0.15, 0.2) is 0 Å². The molecule has 3 aromatic carbocycles. The summed E-state index contributed by atoms with van der Waals surface area (Å²) < 4.78 is 0. The van der Waals surface area contributed by atoms with Crippen LogP contribution >= 0.6 is 0 Å². The lowest BCUT2D eigenvalue weighted by atomic mass is 9.90. The van der Waals surface area contributed by atoms with Crippen molar-refractivity contribution in [2.75, 3.05) is 0 Å². The van der Waals surface area contributed by atoms with E-state index >= 15 is 0 Å². The number of hydrogen-bond acceptors (Lipinski definition) is 0. The molecule has 0 aliphatic carbocycles. The lowest BCUT2D eigenvalue weighted by Gasteiger charge is -2.30. The van der Waals surface area contributed by atoms with Crippen LogP contribution in [0.25, 0.3) is 6.08 Å². The van der Waals surface area contributed by atoms with E-state index in [0.29, 0.717) is 9.52 Å². The molecule has 0 fully saturated rings. The maximum absolute atomic E-state index is 4.18. The highest BCUT2D eigenvalue weighted by atomic mass is 28.2. The molecule has 1 heteroatoms. The van der Waals surface area contributed by atoms with E-state index in [4.69, 9.17) is 0 Å². The predicted molar refractivity (Wildman–Crippen MR) is 105 cm³/mol. The van der Waals surface area contributed by atoms with E-state index in [-0.39, 0.29) is 5.04 Å². The van der Waals surface area contributed by atoms with E-state index in [1.165, 1.54) is 16.7 Å². The summed E-state index contributed by atoms with van der Waals surface area (Å²) >= 11 is 0. The Bertz CT molecular complexity index is 750. The Morgan fingerprint density at radius 1 is 0.667 bits per heavy atom. The van der Waals surface area contributed by atoms with Gasteiger partial charge in [0.25, 0.3) is 0 Å². The number of benzene rings is 3. The maximum Gasteiger partial charge on any atom is 0.0942 e. The van der Waals surface area contributed by atoms with Crippen LogP contribution in [0, 0.1) is 0 Å². The van der Waals surface area contributed by atoms with Crippen molar-refractivity contribution in [3.8, 4) is 0 Å². The molecule has 0 saturated carbocycles. The van der Waals surface area contributed by atoms with Crippen molar-refractivity contribution >= 4 is 15.6 Å². The fourth-order valence-electron chi connectivity index (χ4n) is 2.86. The Labute approximate surface area is 147 Å². The molecule has 116 valence electrons. The fourth-order valence-corrected chi connectivity index (χ4v) is 4.19. The minimum atomic E-state index is -0.187. The van der Waals surface area contributed by atoms with Crippen LogP contribution in [0.5, 0.6) is 0 Å². The second-order valence-corrected chi connectivity index (χ2v) is 7.04. The van der Waals surface area contributed by atoms with Crippen LogP contribution in [0.3, 0.4) is 0 Å². The molecule has 0 aliphatic heterocycles. The van der Waals surface area contributed by atoms with Crippen molar-refractivity contribution in [1.29, 1.82) is 0 Å². The van der Waals surface area contributed by atoms with Gasteiger partial charge in [-0.15, -0.1) is 6.58 Å². The lowest BCUT2D eigenvalue weighted by molar-refractivity contribution is 0.914. The zero-order valence-corrected chi connectivity index (χ0v) is 14.6. The first-order chi connectivity index (χ1) is 11.8. The largest absolute Gasteiger partial charge is 0.102 e. The van der Waals surface area contributed by atoms with Gasteiger partial charge in [0.2, 0.25) is 0 Å². The third-order valence-corrected chi connectivity index (χ3v) is 5.72. The molecule has 3 aromatic rings. The van der Waals surface area contributed by atoms with Gasteiger partial charge in [-0.3, -0.25) is 0 Å². The zero-order valence-electron chi connectivity index (χ0n) is 13.6. The first-order valence-electron chi connectivity index (χ1n) is 8.09. The van der Waals surface area contributed by atoms with Crippen LogP contribution < -0.4 is 0 Å². The molecule has 0 aromatic heterocycles. The molecule has 0 unspecified atom stereocenters. The van der Waals surface area contributed by atoms with Crippen LogP contribution in [-0.2, 0) is 5.04 Å². The monoisotopic (exact) mass is 324 g/mol. The first kappa shape index (κ1) is 16.2. The Morgan fingerprint density at radius 3 is 1.58 bits per heavy atom. The second-order valence-electron chi connectivity index (χ2n) is 5.63. The number of hydrogen-bond donors (Lipinski definition) is 0. The molecule has 0 N–H and O–H groups in total. The van der Waals surface area contributed by atoms with Crippen molar-refractivity contribution < 1.29 is 0 Å². The fraction of sp³-hybridized carbons (Fsp3) is 0.0435. The summed E-state index contributed by atoms with van der Waals surface area (Å²) in [4.78, 5) is 0. The summed E-state index contributed by atoms with van der Waals surface area (Å²) in [7, 11) is 0.575. The molecule has 0 nitrogen and oxygen atoms in total. The number of allylic oxidation sites excluding steroid dienone is 1. The average Bonchev–Trinajstić information content (AvgIpc) is 2.68. The molecule has 0 aliphatic rings. The third-order valence-electron chi connectivity index (χ3n) is 4.15. The highest BCUT2D eigenvalue weighted by Gasteiger charge is 2.30. The second kappa shape index (κ2) is 7.76. The Balaban J connectivity index is 1.99. The van der Waals surface area contributed by atoms with Gasteiger partial charge in [-0.25, -0.2) is 0 Å². The third kappa shape index (κ3) is 3.47. The molecule has 0 amide bonds. The van der Waals surface area contributed by atoms with Crippen molar-refractivity contribution in [2.24, 2.45) is 0 Å². The average molecular weight is 324 g/mol. The summed E-state index contributed by atoms with van der Waals surface area (Å²) in [5.74, 6) is 0. The minimum Gasteiger partial charge on any atom is -0.102 e. The Morgan fingerprint density at radius 2 is 1.12 bits per heavy atom. The molecule has 24 heavy (non-hydrogen) atoms. The molecule has 2 radical (unpaired) electrons. The van der Waals surface area contributed by atoms with Crippen molar-refractivity contribution in [3.05, 3.63) is 126 Å². The van der Waals surface area contributed by atoms with Gasteiger partial charge < -0.3 is 0 Å². The minimum absolute atomic E-state index is 0.187. The molecule has 0 saturated heterocycles. The van der Waals surface area contributed by atoms with E-state index in [1.807, 2.05) is 6.07 Å². The van der Waals surface area contributed by atoms with Gasteiger partial charge in [-0.05, 0) is 16.7 Å². The van der Waals surface area contributed by atoms with Crippen molar-refractivity contribution in [3.63, 3.8) is 0 Å². The predicted octanol–water partition coefficient (Wildman–Crippen LogP) is 5.49. The van der Waals surface area contributed by atoms with Gasteiger partial charge >= 0.3 is 0 Å². The quantitative estimate of drug-likeness (QED) is 0.415. The molecular formula is C23H20Si. The Kier molecular flexibility index (Phi) is 5.24. The highest BCUT2D eigenvalue weighted by Crippen LogP contribution is 2.32. The van der Waals surface area contributed by atoms with Crippen LogP contribution in [0.15, 0.2) is 109 Å². The molecule has 0 heterocycles. The maximum atomic E-state index is 4.18. The molecule has 0 atom stereocenters. The van der Waals surface area contributed by atoms with Crippen LogP contribution in [0.2, 0.25) is 0 Å². The SMILES string of the molecule is C=CC([Si]/C=C/c1ccccc1)(c1ccccc1)c1ccccc1. The normalized spacial score (nSPS) is 11.5. The van der Waals surface area contributed by atoms with Gasteiger partial charge in [-0.1, -0.05) is 109 Å². The highest BCUT2D eigenvalue weighted by molar-refractivity contribution is 6.49. The van der Waals surface area contributed by atoms with Gasteiger partial charge in [0.1, 0.15) is 0 Å². The molecule has 0 bridgehead atoms. The van der Waals surface area contributed by atoms with Crippen LogP contribution in [0.4, 0.5) is 0 Å². The summed E-state index contributed by atoms with van der Waals surface area (Å²) in [6, 6.07) is 31.7. The molecular weight excluding hydrogens is 304 g/mol. The smallest absolute Gasteiger partial charge is 0.0942 e. The van der Waals surface area contributed by atoms with Crippen molar-refractivity contribution in [2.45, 2.75) is 5.04 Å². The summed E-state index contributed by atoms with van der Waals surface area (Å²) in [5.41, 5.74) is 6.06. The Hall–Kier alpha value is -2.64.